The van der Waals surface area contributed by atoms with E-state index in [0.29, 0.717) is 13.0 Å². The van der Waals surface area contributed by atoms with Crippen molar-refractivity contribution in [3.8, 4) is 5.69 Å². The van der Waals surface area contributed by atoms with Crippen LogP contribution in [-0.2, 0) is 17.6 Å². The van der Waals surface area contributed by atoms with E-state index in [1.165, 1.54) is 17.5 Å². The minimum atomic E-state index is 0.0258. The Kier molecular flexibility index (Phi) is 4.96. The van der Waals surface area contributed by atoms with Gasteiger partial charge in [0.05, 0.1) is 12.1 Å². The van der Waals surface area contributed by atoms with Gasteiger partial charge in [-0.25, -0.2) is 4.68 Å². The van der Waals surface area contributed by atoms with Crippen LogP contribution in [0, 0.1) is 6.92 Å². The highest BCUT2D eigenvalue weighted by molar-refractivity contribution is 5.78. The van der Waals surface area contributed by atoms with E-state index in [1.807, 2.05) is 30.3 Å². The standard InChI is InChI=1S/C18H19N5O/c1-14-3-2-4-15(11-14)9-10-19-18(24)12-16-5-7-17(8-6-16)23-13-20-21-22-23/h2-8,11,13H,9-10,12H2,1H3,(H,19,24). The van der Waals surface area contributed by atoms with Gasteiger partial charge in [0.15, 0.2) is 0 Å². The highest BCUT2D eigenvalue weighted by atomic mass is 16.1. The minimum absolute atomic E-state index is 0.0258. The molecule has 1 aromatic heterocycles. The van der Waals surface area contributed by atoms with E-state index in [2.05, 4.69) is 46.0 Å². The van der Waals surface area contributed by atoms with Gasteiger partial charge in [0, 0.05) is 6.54 Å². The van der Waals surface area contributed by atoms with Crippen LogP contribution in [0.15, 0.2) is 54.9 Å². The van der Waals surface area contributed by atoms with Crippen LogP contribution in [0.3, 0.4) is 0 Å². The normalized spacial score (nSPS) is 10.5. The molecular weight excluding hydrogens is 302 g/mol. The van der Waals surface area contributed by atoms with Crippen LogP contribution >= 0.6 is 0 Å². The predicted octanol–water partition coefficient (Wildman–Crippen LogP) is 1.87. The van der Waals surface area contributed by atoms with Gasteiger partial charge in [-0.3, -0.25) is 4.79 Å². The predicted molar refractivity (Wildman–Crippen MR) is 90.8 cm³/mol. The lowest BCUT2D eigenvalue weighted by Crippen LogP contribution is -2.27. The molecule has 0 aliphatic carbocycles. The third-order valence-electron chi connectivity index (χ3n) is 3.73. The molecule has 24 heavy (non-hydrogen) atoms. The number of hydrogen-bond acceptors (Lipinski definition) is 4. The summed E-state index contributed by atoms with van der Waals surface area (Å²) in [5.41, 5.74) is 4.30. The van der Waals surface area contributed by atoms with Gasteiger partial charge in [-0.15, -0.1) is 5.10 Å². The molecule has 0 fully saturated rings. The Bertz CT molecular complexity index is 797. The molecule has 1 amide bonds. The molecule has 0 saturated carbocycles. The molecule has 3 aromatic rings. The first-order valence-corrected chi connectivity index (χ1v) is 7.85. The van der Waals surface area contributed by atoms with Crippen molar-refractivity contribution in [3.05, 3.63) is 71.5 Å². The summed E-state index contributed by atoms with van der Waals surface area (Å²) in [7, 11) is 0. The molecule has 1 heterocycles. The molecule has 6 heteroatoms. The number of nitrogens with zero attached hydrogens (tertiary/aromatic N) is 4. The number of nitrogens with one attached hydrogen (secondary N) is 1. The summed E-state index contributed by atoms with van der Waals surface area (Å²) in [6, 6.07) is 16.0. The smallest absolute Gasteiger partial charge is 0.224 e. The molecule has 122 valence electrons. The van der Waals surface area contributed by atoms with Crippen LogP contribution in [0.4, 0.5) is 0 Å². The second kappa shape index (κ2) is 7.50. The SMILES string of the molecule is Cc1cccc(CCNC(=O)Cc2ccc(-n3cnnn3)cc2)c1. The average molecular weight is 321 g/mol. The van der Waals surface area contributed by atoms with Crippen molar-refractivity contribution in [2.24, 2.45) is 0 Å². The monoisotopic (exact) mass is 321 g/mol. The van der Waals surface area contributed by atoms with Gasteiger partial charge >= 0.3 is 0 Å². The highest BCUT2D eigenvalue weighted by Crippen LogP contribution is 2.08. The van der Waals surface area contributed by atoms with Gasteiger partial charge in [0.1, 0.15) is 6.33 Å². The number of carbonyl (C=O) groups excluding carboxylic acids is 1. The number of carbonyl (C=O) groups is 1. The van der Waals surface area contributed by atoms with Crippen molar-refractivity contribution in [2.45, 2.75) is 19.8 Å². The van der Waals surface area contributed by atoms with Crippen molar-refractivity contribution in [3.63, 3.8) is 0 Å². The van der Waals surface area contributed by atoms with E-state index in [1.54, 1.807) is 4.68 Å². The summed E-state index contributed by atoms with van der Waals surface area (Å²) in [5, 5.41) is 14.0. The van der Waals surface area contributed by atoms with Crippen LogP contribution in [0.25, 0.3) is 5.69 Å². The van der Waals surface area contributed by atoms with Gasteiger partial charge in [-0.05, 0) is 47.0 Å². The van der Waals surface area contributed by atoms with E-state index in [9.17, 15) is 4.79 Å². The van der Waals surface area contributed by atoms with Crippen molar-refractivity contribution in [2.75, 3.05) is 6.54 Å². The lowest BCUT2D eigenvalue weighted by molar-refractivity contribution is -0.120. The summed E-state index contributed by atoms with van der Waals surface area (Å²) in [5.74, 6) is 0.0258. The molecule has 2 aromatic carbocycles. The zero-order chi connectivity index (χ0) is 16.8. The fourth-order valence-corrected chi connectivity index (χ4v) is 2.51. The lowest BCUT2D eigenvalue weighted by Gasteiger charge is -2.07. The molecule has 0 aliphatic rings. The van der Waals surface area contributed by atoms with Crippen LogP contribution < -0.4 is 5.32 Å². The Labute approximate surface area is 140 Å². The Balaban J connectivity index is 1.48. The molecule has 0 atom stereocenters. The molecule has 0 unspecified atom stereocenters. The van der Waals surface area contributed by atoms with Gasteiger partial charge in [-0.1, -0.05) is 42.0 Å². The molecule has 0 bridgehead atoms. The van der Waals surface area contributed by atoms with Gasteiger partial charge < -0.3 is 5.32 Å². The number of aryl methyl sites for hydroxylation is 1. The molecule has 0 radical (unpaired) electrons. The second-order valence-electron chi connectivity index (χ2n) is 5.69. The zero-order valence-corrected chi connectivity index (χ0v) is 13.5. The number of aromatic nitrogens is 4. The third-order valence-corrected chi connectivity index (χ3v) is 3.73. The average Bonchev–Trinajstić information content (AvgIpc) is 3.10. The zero-order valence-electron chi connectivity index (χ0n) is 13.5. The minimum Gasteiger partial charge on any atom is -0.355 e. The molecule has 0 aliphatic heterocycles. The maximum absolute atomic E-state index is 12.0. The second-order valence-corrected chi connectivity index (χ2v) is 5.69. The molecule has 0 saturated heterocycles. The number of benzene rings is 2. The summed E-state index contributed by atoms with van der Waals surface area (Å²) in [6.45, 7) is 2.71. The van der Waals surface area contributed by atoms with Crippen LogP contribution in [-0.4, -0.2) is 32.7 Å². The summed E-state index contributed by atoms with van der Waals surface area (Å²) < 4.78 is 1.58. The molecule has 1 N–H and O–H groups in total. The molecule has 0 spiro atoms. The van der Waals surface area contributed by atoms with Gasteiger partial charge in [0.25, 0.3) is 0 Å². The van der Waals surface area contributed by atoms with Gasteiger partial charge in [-0.2, -0.15) is 0 Å². The maximum atomic E-state index is 12.0. The van der Waals surface area contributed by atoms with Crippen molar-refractivity contribution >= 4 is 5.91 Å². The highest BCUT2D eigenvalue weighted by Gasteiger charge is 2.04. The summed E-state index contributed by atoms with van der Waals surface area (Å²) >= 11 is 0. The van der Waals surface area contributed by atoms with E-state index in [0.717, 1.165) is 17.7 Å². The Hall–Kier alpha value is -3.02. The fraction of sp³-hybridized carbons (Fsp3) is 0.222. The first-order chi connectivity index (χ1) is 11.7. The maximum Gasteiger partial charge on any atom is 0.224 e. The van der Waals surface area contributed by atoms with Crippen molar-refractivity contribution in [1.82, 2.24) is 25.5 Å². The molecular formula is C18H19N5O. The van der Waals surface area contributed by atoms with Gasteiger partial charge in [0.2, 0.25) is 5.91 Å². The largest absolute Gasteiger partial charge is 0.355 e. The Morgan fingerprint density at radius 1 is 1.12 bits per heavy atom. The first kappa shape index (κ1) is 15.9. The number of amides is 1. The van der Waals surface area contributed by atoms with Crippen LogP contribution in [0.2, 0.25) is 0 Å². The molecule has 6 nitrogen and oxygen atoms in total. The lowest BCUT2D eigenvalue weighted by atomic mass is 10.1. The fourth-order valence-electron chi connectivity index (χ4n) is 2.51. The number of tetrazole rings is 1. The van der Waals surface area contributed by atoms with E-state index in [-0.39, 0.29) is 5.91 Å². The van der Waals surface area contributed by atoms with Crippen LogP contribution in [0.5, 0.6) is 0 Å². The van der Waals surface area contributed by atoms with Crippen molar-refractivity contribution < 1.29 is 4.79 Å². The topological polar surface area (TPSA) is 72.7 Å². The first-order valence-electron chi connectivity index (χ1n) is 7.85. The Morgan fingerprint density at radius 3 is 2.67 bits per heavy atom. The number of hydrogen-bond donors (Lipinski definition) is 1. The van der Waals surface area contributed by atoms with E-state index >= 15 is 0 Å². The van der Waals surface area contributed by atoms with Crippen molar-refractivity contribution in [1.29, 1.82) is 0 Å². The Morgan fingerprint density at radius 2 is 1.96 bits per heavy atom. The van der Waals surface area contributed by atoms with E-state index < -0.39 is 0 Å². The number of rotatable bonds is 6. The quantitative estimate of drug-likeness (QED) is 0.752. The molecule has 3 rings (SSSR count). The summed E-state index contributed by atoms with van der Waals surface area (Å²) in [6.07, 6.45) is 2.74. The van der Waals surface area contributed by atoms with E-state index in [4.69, 9.17) is 0 Å². The summed E-state index contributed by atoms with van der Waals surface area (Å²) in [4.78, 5) is 12.0. The van der Waals surface area contributed by atoms with Crippen LogP contribution in [0.1, 0.15) is 16.7 Å². The third kappa shape index (κ3) is 4.25.